The van der Waals surface area contributed by atoms with Crippen LogP contribution in [0, 0.1) is 5.92 Å². The van der Waals surface area contributed by atoms with Gasteiger partial charge >= 0.3 is 0 Å². The second kappa shape index (κ2) is 5.83. The summed E-state index contributed by atoms with van der Waals surface area (Å²) in [5.41, 5.74) is 0. The molecule has 0 aromatic heterocycles. The highest BCUT2D eigenvalue weighted by molar-refractivity contribution is 4.88. The Hall–Kier alpha value is -0.120. The Bertz CT molecular complexity index is 184. The smallest absolute Gasteiger partial charge is 0.0593 e. The van der Waals surface area contributed by atoms with Crippen LogP contribution in [0.15, 0.2) is 0 Å². The molecule has 2 rings (SSSR count). The Morgan fingerprint density at radius 3 is 3.20 bits per heavy atom. The number of rotatable bonds is 4. The van der Waals surface area contributed by atoms with Crippen LogP contribution in [0.3, 0.4) is 0 Å². The molecule has 0 spiro atoms. The van der Waals surface area contributed by atoms with Crippen LogP contribution in [0.25, 0.3) is 0 Å². The minimum Gasteiger partial charge on any atom is -0.380 e. The molecule has 2 unspecified atom stereocenters. The molecule has 2 heterocycles. The van der Waals surface area contributed by atoms with E-state index in [9.17, 15) is 0 Å². The van der Waals surface area contributed by atoms with Crippen molar-refractivity contribution in [1.29, 1.82) is 0 Å². The molecule has 88 valence electrons. The van der Waals surface area contributed by atoms with Crippen molar-refractivity contribution in [2.24, 2.45) is 5.92 Å². The highest BCUT2D eigenvalue weighted by Crippen LogP contribution is 2.24. The molecule has 1 N–H and O–H groups in total. The molecule has 15 heavy (non-hydrogen) atoms. The van der Waals surface area contributed by atoms with Crippen molar-refractivity contribution in [3.8, 4) is 0 Å². The summed E-state index contributed by atoms with van der Waals surface area (Å²) < 4.78 is 5.41. The summed E-state index contributed by atoms with van der Waals surface area (Å²) in [4.78, 5) is 2.57. The number of nitrogens with one attached hydrogen (secondary N) is 1. The van der Waals surface area contributed by atoms with Crippen molar-refractivity contribution in [3.63, 3.8) is 0 Å². The third-order valence-electron chi connectivity index (χ3n) is 3.73. The summed E-state index contributed by atoms with van der Waals surface area (Å²) >= 11 is 0. The molecule has 3 heteroatoms. The first kappa shape index (κ1) is 11.4. The molecule has 2 saturated heterocycles. The van der Waals surface area contributed by atoms with Crippen LogP contribution in [0.5, 0.6) is 0 Å². The fourth-order valence-corrected chi connectivity index (χ4v) is 2.86. The van der Waals surface area contributed by atoms with Crippen molar-refractivity contribution >= 4 is 0 Å². The number of fused-ring (bicyclic) bond motifs is 1. The lowest BCUT2D eigenvalue weighted by Gasteiger charge is -2.41. The molecule has 0 bridgehead atoms. The summed E-state index contributed by atoms with van der Waals surface area (Å²) in [7, 11) is 0. The molecule has 2 aliphatic rings. The van der Waals surface area contributed by atoms with Crippen molar-refractivity contribution in [2.45, 2.75) is 32.2 Å². The van der Waals surface area contributed by atoms with Gasteiger partial charge in [0.1, 0.15) is 0 Å². The standard InChI is InChI=1S/C12H24N2O/c1-2-15-9-8-14-7-5-12-11(10-14)4-3-6-13-12/h11-13H,2-10H2,1H3. The first-order chi connectivity index (χ1) is 7.40. The zero-order chi connectivity index (χ0) is 10.5. The number of hydrogen-bond acceptors (Lipinski definition) is 3. The van der Waals surface area contributed by atoms with Gasteiger partial charge < -0.3 is 15.0 Å². The third-order valence-corrected chi connectivity index (χ3v) is 3.73. The summed E-state index contributed by atoms with van der Waals surface area (Å²) in [5, 5.41) is 3.65. The van der Waals surface area contributed by atoms with E-state index in [0.29, 0.717) is 0 Å². The fourth-order valence-electron chi connectivity index (χ4n) is 2.86. The molecule has 0 amide bonds. The second-order valence-corrected chi connectivity index (χ2v) is 4.75. The highest BCUT2D eigenvalue weighted by atomic mass is 16.5. The summed E-state index contributed by atoms with van der Waals surface area (Å²) in [5.74, 6) is 0.897. The van der Waals surface area contributed by atoms with Gasteiger partial charge in [-0.05, 0) is 45.2 Å². The maximum atomic E-state index is 5.41. The molecule has 2 atom stereocenters. The summed E-state index contributed by atoms with van der Waals surface area (Å²) in [6.45, 7) is 8.71. The van der Waals surface area contributed by atoms with E-state index in [1.807, 2.05) is 0 Å². The van der Waals surface area contributed by atoms with Gasteiger partial charge in [-0.1, -0.05) is 0 Å². The van der Waals surface area contributed by atoms with Crippen LogP contribution in [-0.2, 0) is 4.74 Å². The van der Waals surface area contributed by atoms with E-state index < -0.39 is 0 Å². The van der Waals surface area contributed by atoms with Crippen molar-refractivity contribution in [2.75, 3.05) is 39.4 Å². The van der Waals surface area contributed by atoms with Gasteiger partial charge in [-0.3, -0.25) is 0 Å². The monoisotopic (exact) mass is 212 g/mol. The molecular weight excluding hydrogens is 188 g/mol. The van der Waals surface area contributed by atoms with Crippen molar-refractivity contribution < 1.29 is 4.74 Å². The summed E-state index contributed by atoms with van der Waals surface area (Å²) in [6.07, 6.45) is 4.11. The lowest BCUT2D eigenvalue weighted by Crippen LogP contribution is -2.52. The average molecular weight is 212 g/mol. The van der Waals surface area contributed by atoms with Crippen molar-refractivity contribution in [3.05, 3.63) is 0 Å². The lowest BCUT2D eigenvalue weighted by molar-refractivity contribution is 0.0706. The molecule has 0 aromatic rings. The van der Waals surface area contributed by atoms with Crippen LogP contribution in [0.1, 0.15) is 26.2 Å². The lowest BCUT2D eigenvalue weighted by atomic mass is 9.85. The van der Waals surface area contributed by atoms with E-state index in [4.69, 9.17) is 4.74 Å². The van der Waals surface area contributed by atoms with Crippen LogP contribution in [-0.4, -0.2) is 50.3 Å². The zero-order valence-electron chi connectivity index (χ0n) is 9.87. The fraction of sp³-hybridized carbons (Fsp3) is 1.00. The first-order valence-electron chi connectivity index (χ1n) is 6.43. The predicted octanol–water partition coefficient (Wildman–Crippen LogP) is 1.10. The van der Waals surface area contributed by atoms with Gasteiger partial charge in [-0.15, -0.1) is 0 Å². The van der Waals surface area contributed by atoms with Gasteiger partial charge in [0.15, 0.2) is 0 Å². The molecule has 0 radical (unpaired) electrons. The number of piperidine rings is 2. The minimum atomic E-state index is 0.807. The maximum Gasteiger partial charge on any atom is 0.0593 e. The first-order valence-corrected chi connectivity index (χ1v) is 6.43. The molecule has 0 saturated carbocycles. The molecule has 2 aliphatic heterocycles. The van der Waals surface area contributed by atoms with Gasteiger partial charge in [-0.25, -0.2) is 0 Å². The van der Waals surface area contributed by atoms with E-state index in [1.54, 1.807) is 0 Å². The van der Waals surface area contributed by atoms with Crippen LogP contribution >= 0.6 is 0 Å². The van der Waals surface area contributed by atoms with Gasteiger partial charge in [0.2, 0.25) is 0 Å². The van der Waals surface area contributed by atoms with E-state index >= 15 is 0 Å². The van der Waals surface area contributed by atoms with Gasteiger partial charge in [0.25, 0.3) is 0 Å². The van der Waals surface area contributed by atoms with Gasteiger partial charge in [0.05, 0.1) is 6.61 Å². The van der Waals surface area contributed by atoms with Crippen LogP contribution < -0.4 is 5.32 Å². The normalized spacial score (nSPS) is 32.6. The molecule has 2 fully saturated rings. The second-order valence-electron chi connectivity index (χ2n) is 4.75. The Labute approximate surface area is 93.2 Å². The highest BCUT2D eigenvalue weighted by Gasteiger charge is 2.30. The topological polar surface area (TPSA) is 24.5 Å². The largest absolute Gasteiger partial charge is 0.380 e. The Kier molecular flexibility index (Phi) is 4.42. The van der Waals surface area contributed by atoms with Gasteiger partial charge in [0, 0.05) is 25.7 Å². The SMILES string of the molecule is CCOCCN1CCC2NCCCC2C1. The molecule has 3 nitrogen and oxygen atoms in total. The number of ether oxygens (including phenoxy) is 1. The molecular formula is C12H24N2O. The Balaban J connectivity index is 1.71. The van der Waals surface area contributed by atoms with Crippen LogP contribution in [0.4, 0.5) is 0 Å². The van der Waals surface area contributed by atoms with E-state index in [1.165, 1.54) is 38.9 Å². The van der Waals surface area contributed by atoms with Gasteiger partial charge in [-0.2, -0.15) is 0 Å². The Morgan fingerprint density at radius 2 is 2.33 bits per heavy atom. The van der Waals surface area contributed by atoms with Crippen molar-refractivity contribution in [1.82, 2.24) is 10.2 Å². The van der Waals surface area contributed by atoms with Crippen LogP contribution in [0.2, 0.25) is 0 Å². The zero-order valence-corrected chi connectivity index (χ0v) is 9.87. The number of nitrogens with zero attached hydrogens (tertiary/aromatic N) is 1. The Morgan fingerprint density at radius 1 is 1.40 bits per heavy atom. The summed E-state index contributed by atoms with van der Waals surface area (Å²) in [6, 6.07) is 0.807. The van der Waals surface area contributed by atoms with E-state index in [0.717, 1.165) is 31.7 Å². The maximum absolute atomic E-state index is 5.41. The minimum absolute atomic E-state index is 0.807. The third kappa shape index (κ3) is 3.16. The molecule has 0 aliphatic carbocycles. The number of likely N-dealkylation sites (tertiary alicyclic amines) is 1. The number of hydrogen-bond donors (Lipinski definition) is 1. The predicted molar refractivity (Wildman–Crippen MR) is 62.1 cm³/mol. The quantitative estimate of drug-likeness (QED) is 0.706. The molecule has 0 aromatic carbocycles. The van der Waals surface area contributed by atoms with E-state index in [2.05, 4.69) is 17.1 Å². The average Bonchev–Trinajstić information content (AvgIpc) is 2.29. The van der Waals surface area contributed by atoms with E-state index in [-0.39, 0.29) is 0 Å².